The molecule has 1 aliphatic rings. The molecule has 2 aromatic rings. The molecule has 2 aromatic carbocycles. The number of benzene rings is 2. The Balaban J connectivity index is 1.34. The maximum Gasteiger partial charge on any atom is 0.251 e. The van der Waals surface area contributed by atoms with Gasteiger partial charge in [-0.15, -0.1) is 0 Å². The molecule has 1 N–H and O–H groups in total. The Kier molecular flexibility index (Phi) is 6.71. The van der Waals surface area contributed by atoms with E-state index in [4.69, 9.17) is 0 Å². The summed E-state index contributed by atoms with van der Waals surface area (Å²) in [5.41, 5.74) is 3.13. The van der Waals surface area contributed by atoms with E-state index < -0.39 is 0 Å². The standard InChI is InChI=1S/C22H30N4O/c1-24(2)20-11-9-19(10-12-20)22(27)23-13-6-14-25-15-17-26(18-16-25)21-7-4-3-5-8-21/h3-5,7-12H,6,13-18H2,1-2H3,(H,23,27). The van der Waals surface area contributed by atoms with Gasteiger partial charge in [0.2, 0.25) is 0 Å². The summed E-state index contributed by atoms with van der Waals surface area (Å²) in [5, 5.41) is 3.03. The van der Waals surface area contributed by atoms with Gasteiger partial charge in [-0.05, 0) is 49.4 Å². The molecule has 1 fully saturated rings. The van der Waals surface area contributed by atoms with Crippen LogP contribution in [0.3, 0.4) is 0 Å². The van der Waals surface area contributed by atoms with Crippen molar-refractivity contribution < 1.29 is 4.79 Å². The summed E-state index contributed by atoms with van der Waals surface area (Å²) in [4.78, 5) is 19.2. The van der Waals surface area contributed by atoms with Crippen molar-refractivity contribution in [2.24, 2.45) is 0 Å². The molecular formula is C22H30N4O. The second kappa shape index (κ2) is 9.42. The zero-order valence-corrected chi connectivity index (χ0v) is 16.4. The number of hydrogen-bond donors (Lipinski definition) is 1. The summed E-state index contributed by atoms with van der Waals surface area (Å²) in [6, 6.07) is 18.3. The first kappa shape index (κ1) is 19.2. The van der Waals surface area contributed by atoms with Crippen LogP contribution in [-0.4, -0.2) is 64.2 Å². The van der Waals surface area contributed by atoms with E-state index in [9.17, 15) is 4.79 Å². The van der Waals surface area contributed by atoms with Crippen LogP contribution in [0.1, 0.15) is 16.8 Å². The largest absolute Gasteiger partial charge is 0.378 e. The first-order chi connectivity index (χ1) is 13.1. The predicted molar refractivity (Wildman–Crippen MR) is 113 cm³/mol. The lowest BCUT2D eigenvalue weighted by molar-refractivity contribution is 0.0951. The van der Waals surface area contributed by atoms with Crippen molar-refractivity contribution in [3.8, 4) is 0 Å². The maximum atomic E-state index is 12.2. The van der Waals surface area contributed by atoms with Crippen LogP contribution in [0, 0.1) is 0 Å². The molecule has 3 rings (SSSR count). The smallest absolute Gasteiger partial charge is 0.251 e. The number of carbonyl (C=O) groups excluding carboxylic acids is 1. The molecule has 5 nitrogen and oxygen atoms in total. The second-order valence-electron chi connectivity index (χ2n) is 7.21. The Hall–Kier alpha value is -2.53. The number of hydrogen-bond acceptors (Lipinski definition) is 4. The van der Waals surface area contributed by atoms with Gasteiger partial charge in [-0.2, -0.15) is 0 Å². The first-order valence-corrected chi connectivity index (χ1v) is 9.71. The van der Waals surface area contributed by atoms with Crippen molar-refractivity contribution in [1.82, 2.24) is 10.2 Å². The number of anilines is 2. The van der Waals surface area contributed by atoms with Crippen LogP contribution in [0.25, 0.3) is 0 Å². The number of piperazine rings is 1. The Bertz CT molecular complexity index is 707. The van der Waals surface area contributed by atoms with Crippen LogP contribution in [-0.2, 0) is 0 Å². The van der Waals surface area contributed by atoms with Crippen LogP contribution >= 0.6 is 0 Å². The fourth-order valence-corrected chi connectivity index (χ4v) is 3.39. The monoisotopic (exact) mass is 366 g/mol. The van der Waals surface area contributed by atoms with Crippen molar-refractivity contribution in [3.05, 3.63) is 60.2 Å². The minimum absolute atomic E-state index is 0.00852. The fraction of sp³-hybridized carbons (Fsp3) is 0.409. The molecule has 0 bridgehead atoms. The van der Waals surface area contributed by atoms with E-state index in [1.54, 1.807) is 0 Å². The number of rotatable bonds is 7. The molecule has 1 heterocycles. The van der Waals surface area contributed by atoms with Crippen molar-refractivity contribution in [1.29, 1.82) is 0 Å². The van der Waals surface area contributed by atoms with Crippen LogP contribution in [0.15, 0.2) is 54.6 Å². The molecule has 5 heteroatoms. The molecule has 0 unspecified atom stereocenters. The van der Waals surface area contributed by atoms with Crippen molar-refractivity contribution in [3.63, 3.8) is 0 Å². The molecule has 1 amide bonds. The van der Waals surface area contributed by atoms with Crippen molar-refractivity contribution in [2.45, 2.75) is 6.42 Å². The third kappa shape index (κ3) is 5.47. The molecule has 1 aliphatic heterocycles. The van der Waals surface area contributed by atoms with Crippen molar-refractivity contribution in [2.75, 3.05) is 63.2 Å². The van der Waals surface area contributed by atoms with Gasteiger partial charge >= 0.3 is 0 Å². The summed E-state index contributed by atoms with van der Waals surface area (Å²) in [6.45, 7) is 6.03. The topological polar surface area (TPSA) is 38.8 Å². The third-order valence-corrected chi connectivity index (χ3v) is 5.08. The number of carbonyl (C=O) groups is 1. The van der Waals surface area contributed by atoms with Crippen LogP contribution in [0.4, 0.5) is 11.4 Å². The lowest BCUT2D eigenvalue weighted by atomic mass is 10.2. The molecule has 0 radical (unpaired) electrons. The number of para-hydroxylation sites is 1. The molecule has 0 atom stereocenters. The van der Waals surface area contributed by atoms with E-state index in [2.05, 4.69) is 45.4 Å². The minimum atomic E-state index is 0.00852. The molecule has 0 aromatic heterocycles. The van der Waals surface area contributed by atoms with Gasteiger partial charge in [-0.25, -0.2) is 0 Å². The van der Waals surface area contributed by atoms with E-state index in [0.29, 0.717) is 6.54 Å². The summed E-state index contributed by atoms with van der Waals surface area (Å²) in [7, 11) is 3.99. The Labute approximate surface area is 162 Å². The van der Waals surface area contributed by atoms with Crippen LogP contribution in [0.5, 0.6) is 0 Å². The Morgan fingerprint density at radius 1 is 0.963 bits per heavy atom. The zero-order chi connectivity index (χ0) is 19.1. The van der Waals surface area contributed by atoms with Gasteiger partial charge in [0.15, 0.2) is 0 Å². The van der Waals surface area contributed by atoms with Gasteiger partial charge < -0.3 is 15.1 Å². The van der Waals surface area contributed by atoms with E-state index >= 15 is 0 Å². The highest BCUT2D eigenvalue weighted by Gasteiger charge is 2.16. The number of amides is 1. The molecule has 1 saturated heterocycles. The highest BCUT2D eigenvalue weighted by Crippen LogP contribution is 2.15. The summed E-state index contributed by atoms with van der Waals surface area (Å²) >= 11 is 0. The molecule has 0 saturated carbocycles. The third-order valence-electron chi connectivity index (χ3n) is 5.08. The van der Waals surface area contributed by atoms with Gasteiger partial charge in [-0.1, -0.05) is 18.2 Å². The number of nitrogens with one attached hydrogen (secondary N) is 1. The lowest BCUT2D eigenvalue weighted by Crippen LogP contribution is -2.47. The average molecular weight is 367 g/mol. The SMILES string of the molecule is CN(C)c1ccc(C(=O)NCCCN2CCN(c3ccccc3)CC2)cc1. The van der Waals surface area contributed by atoms with Gasteiger partial charge in [0, 0.05) is 63.8 Å². The molecule has 27 heavy (non-hydrogen) atoms. The first-order valence-electron chi connectivity index (χ1n) is 9.71. The quantitative estimate of drug-likeness (QED) is 0.765. The maximum absolute atomic E-state index is 12.2. The Morgan fingerprint density at radius 2 is 1.63 bits per heavy atom. The Morgan fingerprint density at radius 3 is 2.26 bits per heavy atom. The predicted octanol–water partition coefficient (Wildman–Crippen LogP) is 2.69. The van der Waals surface area contributed by atoms with Gasteiger partial charge in [-0.3, -0.25) is 9.69 Å². The fourth-order valence-electron chi connectivity index (χ4n) is 3.39. The highest BCUT2D eigenvalue weighted by molar-refractivity contribution is 5.94. The summed E-state index contributed by atoms with van der Waals surface area (Å²) in [6.07, 6.45) is 0.979. The van der Waals surface area contributed by atoms with Crippen LogP contribution in [0.2, 0.25) is 0 Å². The van der Waals surface area contributed by atoms with Crippen molar-refractivity contribution >= 4 is 17.3 Å². The molecular weight excluding hydrogens is 336 g/mol. The minimum Gasteiger partial charge on any atom is -0.378 e. The highest BCUT2D eigenvalue weighted by atomic mass is 16.1. The molecule has 144 valence electrons. The molecule has 0 aliphatic carbocycles. The normalized spacial score (nSPS) is 14.8. The van der Waals surface area contributed by atoms with Gasteiger partial charge in [0.25, 0.3) is 5.91 Å². The van der Waals surface area contributed by atoms with Gasteiger partial charge in [0.05, 0.1) is 0 Å². The summed E-state index contributed by atoms with van der Waals surface area (Å²) < 4.78 is 0. The van der Waals surface area contributed by atoms with E-state index in [0.717, 1.165) is 50.4 Å². The van der Waals surface area contributed by atoms with E-state index in [1.165, 1.54) is 5.69 Å². The molecule has 0 spiro atoms. The van der Waals surface area contributed by atoms with Gasteiger partial charge in [0.1, 0.15) is 0 Å². The van der Waals surface area contributed by atoms with E-state index in [-0.39, 0.29) is 5.91 Å². The van der Waals surface area contributed by atoms with E-state index in [1.807, 2.05) is 43.3 Å². The van der Waals surface area contributed by atoms with Crippen LogP contribution < -0.4 is 15.1 Å². The lowest BCUT2D eigenvalue weighted by Gasteiger charge is -2.36. The average Bonchev–Trinajstić information content (AvgIpc) is 2.72. The number of nitrogens with zero attached hydrogens (tertiary/aromatic N) is 3. The second-order valence-corrected chi connectivity index (χ2v) is 7.21. The summed E-state index contributed by atoms with van der Waals surface area (Å²) in [5.74, 6) is 0.00852. The zero-order valence-electron chi connectivity index (χ0n) is 16.4.